The van der Waals surface area contributed by atoms with Crippen molar-refractivity contribution in [2.45, 2.75) is 19.6 Å². The maximum absolute atomic E-state index is 9.83. The lowest BCUT2D eigenvalue weighted by Gasteiger charge is -2.13. The third-order valence-corrected chi connectivity index (χ3v) is 4.61. The normalized spacial score (nSPS) is 12.5. The first-order chi connectivity index (χ1) is 10.1. The monoisotopic (exact) mass is 363 g/mol. The van der Waals surface area contributed by atoms with E-state index in [-0.39, 0.29) is 0 Å². The van der Waals surface area contributed by atoms with Crippen molar-refractivity contribution >= 4 is 37.5 Å². The molecule has 1 N–H and O–H groups in total. The lowest BCUT2D eigenvalue weighted by Crippen LogP contribution is -2.00. The topological polar surface area (TPSA) is 42.4 Å². The van der Waals surface area contributed by atoms with Gasteiger partial charge in [-0.1, -0.05) is 28.1 Å². The standard InChI is InChI=1S/C16H14BrNO2S/c1-10(19)12-8-11(17)6-7-14(12)20-9-16-18-13-4-2-3-5-15(13)21-16/h2-8,10,19H,9H2,1H3/t10-/m1/s1. The Hall–Kier alpha value is -1.43. The lowest BCUT2D eigenvalue weighted by molar-refractivity contribution is 0.190. The molecule has 2 aromatic carbocycles. The van der Waals surface area contributed by atoms with E-state index in [1.54, 1.807) is 18.3 Å². The highest BCUT2D eigenvalue weighted by atomic mass is 79.9. The van der Waals surface area contributed by atoms with Crippen molar-refractivity contribution in [1.29, 1.82) is 0 Å². The fraction of sp³-hybridized carbons (Fsp3) is 0.188. The Morgan fingerprint density at radius 2 is 2.10 bits per heavy atom. The van der Waals surface area contributed by atoms with Gasteiger partial charge in [-0.05, 0) is 37.3 Å². The summed E-state index contributed by atoms with van der Waals surface area (Å²) in [5, 5.41) is 10.8. The van der Waals surface area contributed by atoms with E-state index >= 15 is 0 Å². The zero-order chi connectivity index (χ0) is 14.8. The maximum atomic E-state index is 9.83. The van der Waals surface area contributed by atoms with Gasteiger partial charge in [-0.15, -0.1) is 11.3 Å². The van der Waals surface area contributed by atoms with Crippen LogP contribution in [0.2, 0.25) is 0 Å². The van der Waals surface area contributed by atoms with Crippen LogP contribution < -0.4 is 4.74 Å². The van der Waals surface area contributed by atoms with Gasteiger partial charge in [0.05, 0.1) is 16.3 Å². The van der Waals surface area contributed by atoms with Gasteiger partial charge in [0.2, 0.25) is 0 Å². The van der Waals surface area contributed by atoms with Crippen LogP contribution in [0.3, 0.4) is 0 Å². The first-order valence-electron chi connectivity index (χ1n) is 6.58. The van der Waals surface area contributed by atoms with Crippen LogP contribution in [-0.4, -0.2) is 10.1 Å². The Labute approximate surface area is 135 Å². The Morgan fingerprint density at radius 1 is 1.29 bits per heavy atom. The Kier molecular flexibility index (Phi) is 4.24. The molecule has 0 aliphatic carbocycles. The molecule has 0 aliphatic rings. The van der Waals surface area contributed by atoms with E-state index in [4.69, 9.17) is 4.74 Å². The molecule has 0 fully saturated rings. The number of rotatable bonds is 4. The van der Waals surface area contributed by atoms with Crippen LogP contribution in [0.15, 0.2) is 46.9 Å². The highest BCUT2D eigenvalue weighted by molar-refractivity contribution is 9.10. The number of aliphatic hydroxyl groups excluding tert-OH is 1. The van der Waals surface area contributed by atoms with Crippen LogP contribution in [0.25, 0.3) is 10.2 Å². The first-order valence-corrected chi connectivity index (χ1v) is 8.19. The maximum Gasteiger partial charge on any atom is 0.140 e. The second-order valence-corrected chi connectivity index (χ2v) is 6.75. The van der Waals surface area contributed by atoms with E-state index in [1.165, 1.54) is 0 Å². The molecule has 0 bridgehead atoms. The predicted octanol–water partition coefficient (Wildman–Crippen LogP) is 4.69. The van der Waals surface area contributed by atoms with Crippen LogP contribution >= 0.6 is 27.3 Å². The fourth-order valence-electron chi connectivity index (χ4n) is 2.10. The SMILES string of the molecule is C[C@@H](O)c1cc(Br)ccc1OCc1nc2ccccc2s1. The molecule has 3 aromatic rings. The van der Waals surface area contributed by atoms with E-state index in [9.17, 15) is 5.11 Å². The minimum atomic E-state index is -0.576. The molecule has 0 unspecified atom stereocenters. The Balaban J connectivity index is 1.81. The molecule has 0 aliphatic heterocycles. The molecule has 3 rings (SSSR count). The number of benzene rings is 2. The molecule has 1 aromatic heterocycles. The van der Waals surface area contributed by atoms with Crippen LogP contribution in [0.1, 0.15) is 23.6 Å². The molecule has 0 spiro atoms. The summed E-state index contributed by atoms with van der Waals surface area (Å²) >= 11 is 5.03. The third kappa shape index (κ3) is 3.26. The molecule has 5 heteroatoms. The fourth-order valence-corrected chi connectivity index (χ4v) is 3.36. The van der Waals surface area contributed by atoms with Gasteiger partial charge in [0, 0.05) is 10.0 Å². The van der Waals surface area contributed by atoms with Gasteiger partial charge in [-0.25, -0.2) is 4.98 Å². The summed E-state index contributed by atoms with van der Waals surface area (Å²) in [4.78, 5) is 4.54. The summed E-state index contributed by atoms with van der Waals surface area (Å²) in [6.07, 6.45) is -0.576. The van der Waals surface area contributed by atoms with Gasteiger partial charge < -0.3 is 9.84 Å². The Bertz CT molecular complexity index is 737. The average molecular weight is 364 g/mol. The molecule has 0 radical (unpaired) electrons. The van der Waals surface area contributed by atoms with Crippen molar-refractivity contribution in [3.8, 4) is 5.75 Å². The molecular formula is C16H14BrNO2S. The smallest absolute Gasteiger partial charge is 0.140 e. The summed E-state index contributed by atoms with van der Waals surface area (Å²) in [5.74, 6) is 0.687. The molecule has 1 heterocycles. The minimum absolute atomic E-state index is 0.403. The molecule has 21 heavy (non-hydrogen) atoms. The number of para-hydroxylation sites is 1. The van der Waals surface area contributed by atoms with Gasteiger partial charge in [0.1, 0.15) is 17.4 Å². The van der Waals surface area contributed by atoms with Crippen molar-refractivity contribution in [1.82, 2.24) is 4.98 Å². The van der Waals surface area contributed by atoms with Crippen molar-refractivity contribution in [2.75, 3.05) is 0 Å². The molecule has 0 amide bonds. The van der Waals surface area contributed by atoms with Crippen LogP contribution in [-0.2, 0) is 6.61 Å². The molecule has 0 saturated carbocycles. The largest absolute Gasteiger partial charge is 0.486 e. The number of thiazole rings is 1. The van der Waals surface area contributed by atoms with Gasteiger partial charge in [-0.3, -0.25) is 0 Å². The van der Waals surface area contributed by atoms with Crippen molar-refractivity contribution in [3.63, 3.8) is 0 Å². The summed E-state index contributed by atoms with van der Waals surface area (Å²) in [7, 11) is 0. The predicted molar refractivity (Wildman–Crippen MR) is 88.7 cm³/mol. The summed E-state index contributed by atoms with van der Waals surface area (Å²) in [6, 6.07) is 13.7. The third-order valence-electron chi connectivity index (χ3n) is 3.11. The van der Waals surface area contributed by atoms with Crippen molar-refractivity contribution < 1.29 is 9.84 Å². The second kappa shape index (κ2) is 6.13. The van der Waals surface area contributed by atoms with E-state index in [0.29, 0.717) is 12.4 Å². The van der Waals surface area contributed by atoms with Crippen molar-refractivity contribution in [2.24, 2.45) is 0 Å². The number of hydrogen-bond donors (Lipinski definition) is 1. The van der Waals surface area contributed by atoms with E-state index in [0.717, 1.165) is 25.3 Å². The summed E-state index contributed by atoms with van der Waals surface area (Å²) in [6.45, 7) is 2.13. The highest BCUT2D eigenvalue weighted by Gasteiger charge is 2.11. The molecule has 3 nitrogen and oxygen atoms in total. The number of hydrogen-bond acceptors (Lipinski definition) is 4. The lowest BCUT2D eigenvalue weighted by atomic mass is 10.1. The quantitative estimate of drug-likeness (QED) is 0.730. The Morgan fingerprint density at radius 3 is 2.86 bits per heavy atom. The minimum Gasteiger partial charge on any atom is -0.486 e. The van der Waals surface area contributed by atoms with E-state index in [2.05, 4.69) is 27.0 Å². The highest BCUT2D eigenvalue weighted by Crippen LogP contribution is 2.30. The zero-order valence-electron chi connectivity index (χ0n) is 11.4. The average Bonchev–Trinajstić information content (AvgIpc) is 2.88. The number of nitrogens with zero attached hydrogens (tertiary/aromatic N) is 1. The van der Waals surface area contributed by atoms with Crippen LogP contribution in [0.4, 0.5) is 0 Å². The van der Waals surface area contributed by atoms with Gasteiger partial charge >= 0.3 is 0 Å². The van der Waals surface area contributed by atoms with Crippen LogP contribution in [0.5, 0.6) is 5.75 Å². The number of ether oxygens (including phenoxy) is 1. The zero-order valence-corrected chi connectivity index (χ0v) is 13.8. The van der Waals surface area contributed by atoms with Gasteiger partial charge in [0.25, 0.3) is 0 Å². The van der Waals surface area contributed by atoms with Crippen molar-refractivity contribution in [3.05, 3.63) is 57.5 Å². The van der Waals surface area contributed by atoms with E-state index < -0.39 is 6.10 Å². The molecular weight excluding hydrogens is 350 g/mol. The van der Waals surface area contributed by atoms with Crippen LogP contribution in [0, 0.1) is 0 Å². The van der Waals surface area contributed by atoms with Gasteiger partial charge in [-0.2, -0.15) is 0 Å². The number of aliphatic hydroxyl groups is 1. The first kappa shape index (κ1) is 14.5. The summed E-state index contributed by atoms with van der Waals surface area (Å²) < 4.78 is 7.91. The van der Waals surface area contributed by atoms with E-state index in [1.807, 2.05) is 36.4 Å². The second-order valence-electron chi connectivity index (χ2n) is 4.72. The molecule has 108 valence electrons. The van der Waals surface area contributed by atoms with Gasteiger partial charge in [0.15, 0.2) is 0 Å². The number of fused-ring (bicyclic) bond motifs is 1. The molecule has 1 atom stereocenters. The summed E-state index contributed by atoms with van der Waals surface area (Å²) in [5.41, 5.74) is 1.76. The molecule has 0 saturated heterocycles. The number of halogens is 1. The number of aromatic nitrogens is 1.